The number of nitrogens with one attached hydrogen (secondary N) is 2. The van der Waals surface area contributed by atoms with Gasteiger partial charge in [-0.2, -0.15) is 0 Å². The third-order valence-corrected chi connectivity index (χ3v) is 4.43. The Bertz CT molecular complexity index is 830. The van der Waals surface area contributed by atoms with Gasteiger partial charge in [0.05, 0.1) is 6.04 Å². The average molecular weight is 358 g/mol. The molecule has 3 rings (SSSR count). The highest BCUT2D eigenvalue weighted by atomic mass is 32.1. The minimum absolute atomic E-state index is 0.279. The first-order valence-electron chi connectivity index (χ1n) is 7.52. The summed E-state index contributed by atoms with van der Waals surface area (Å²) in [6.07, 6.45) is 1.60. The molecule has 2 N–H and O–H groups in total. The van der Waals surface area contributed by atoms with Gasteiger partial charge in [0.1, 0.15) is 11.5 Å². The number of esters is 1. The number of thiophene rings is 1. The topological polar surface area (TPSA) is 71.2 Å². The molecule has 5 nitrogen and oxygen atoms in total. The molecule has 25 heavy (non-hydrogen) atoms. The van der Waals surface area contributed by atoms with Gasteiger partial charge < -0.3 is 15.0 Å². The molecule has 0 aliphatic rings. The maximum atomic E-state index is 13.2. The van der Waals surface area contributed by atoms with Crippen LogP contribution in [-0.4, -0.2) is 23.5 Å². The Morgan fingerprint density at radius 1 is 1.16 bits per heavy atom. The summed E-state index contributed by atoms with van der Waals surface area (Å²) in [4.78, 5) is 27.6. The van der Waals surface area contributed by atoms with Gasteiger partial charge in [0, 0.05) is 11.1 Å². The summed E-state index contributed by atoms with van der Waals surface area (Å²) in [5.41, 5.74) is 1.02. The zero-order valence-corrected chi connectivity index (χ0v) is 13.9. The van der Waals surface area contributed by atoms with E-state index in [9.17, 15) is 14.0 Å². The van der Waals surface area contributed by atoms with E-state index in [0.29, 0.717) is 0 Å². The van der Waals surface area contributed by atoms with Gasteiger partial charge in [-0.25, -0.2) is 9.18 Å². The predicted molar refractivity (Wildman–Crippen MR) is 91.8 cm³/mol. The van der Waals surface area contributed by atoms with Crippen molar-refractivity contribution in [3.8, 4) is 0 Å². The second-order valence-electron chi connectivity index (χ2n) is 5.23. The molecular formula is C18H15FN2O3S. The zero-order chi connectivity index (χ0) is 17.6. The number of amides is 1. The summed E-state index contributed by atoms with van der Waals surface area (Å²) in [6.45, 7) is -0.402. The maximum Gasteiger partial charge on any atom is 0.355 e. The summed E-state index contributed by atoms with van der Waals surface area (Å²) in [5, 5.41) is 4.71. The van der Waals surface area contributed by atoms with E-state index in [2.05, 4.69) is 10.3 Å². The van der Waals surface area contributed by atoms with Crippen LogP contribution in [0.25, 0.3) is 0 Å². The van der Waals surface area contributed by atoms with Gasteiger partial charge in [0.25, 0.3) is 5.91 Å². The number of hydrogen-bond acceptors (Lipinski definition) is 4. The van der Waals surface area contributed by atoms with E-state index < -0.39 is 24.5 Å². The molecule has 0 unspecified atom stereocenters. The number of hydrogen-bond donors (Lipinski definition) is 2. The van der Waals surface area contributed by atoms with Crippen molar-refractivity contribution in [2.45, 2.75) is 6.04 Å². The van der Waals surface area contributed by atoms with E-state index in [1.165, 1.54) is 23.5 Å². The molecule has 1 amide bonds. The lowest BCUT2D eigenvalue weighted by Gasteiger charge is -2.18. The van der Waals surface area contributed by atoms with Gasteiger partial charge in [-0.1, -0.05) is 18.2 Å². The molecule has 0 fully saturated rings. The summed E-state index contributed by atoms with van der Waals surface area (Å²) in [5.74, 6) is -1.39. The normalized spacial score (nSPS) is 11.7. The number of aromatic nitrogens is 1. The van der Waals surface area contributed by atoms with Crippen LogP contribution in [0.3, 0.4) is 0 Å². The fraction of sp³-hybridized carbons (Fsp3) is 0.111. The lowest BCUT2D eigenvalue weighted by atomic mass is 10.1. The number of rotatable bonds is 6. The number of benzene rings is 1. The molecule has 0 spiro atoms. The second-order valence-corrected chi connectivity index (χ2v) is 6.21. The standard InChI is InChI=1S/C18H15FN2O3S/c19-13-7-5-12(6-8-13)17(15-4-2-10-25-15)21-16(22)11-24-18(23)14-3-1-9-20-14/h1-10,17,20H,11H2,(H,21,22)/t17-/m1/s1. The molecule has 0 saturated heterocycles. The molecule has 0 aliphatic carbocycles. The summed E-state index contributed by atoms with van der Waals surface area (Å²) in [7, 11) is 0. The van der Waals surface area contributed by atoms with Gasteiger partial charge in [-0.05, 0) is 41.3 Å². The highest BCUT2D eigenvalue weighted by molar-refractivity contribution is 7.10. The van der Waals surface area contributed by atoms with Gasteiger partial charge >= 0.3 is 5.97 Å². The van der Waals surface area contributed by atoms with E-state index in [1.54, 1.807) is 30.5 Å². The van der Waals surface area contributed by atoms with Crippen molar-refractivity contribution in [1.29, 1.82) is 0 Å². The molecular weight excluding hydrogens is 343 g/mol. The molecule has 1 atom stereocenters. The fourth-order valence-electron chi connectivity index (χ4n) is 2.30. The van der Waals surface area contributed by atoms with Crippen molar-refractivity contribution >= 4 is 23.2 Å². The van der Waals surface area contributed by atoms with Crippen molar-refractivity contribution < 1.29 is 18.7 Å². The van der Waals surface area contributed by atoms with Gasteiger partial charge in [-0.15, -0.1) is 11.3 Å². The van der Waals surface area contributed by atoms with Crippen molar-refractivity contribution in [1.82, 2.24) is 10.3 Å². The Hall–Kier alpha value is -2.93. The van der Waals surface area contributed by atoms with Crippen molar-refractivity contribution in [2.24, 2.45) is 0 Å². The number of H-pyrrole nitrogens is 1. The van der Waals surface area contributed by atoms with Gasteiger partial charge in [0.15, 0.2) is 6.61 Å². The molecule has 3 aromatic rings. The third kappa shape index (κ3) is 4.33. The van der Waals surface area contributed by atoms with Crippen LogP contribution < -0.4 is 5.32 Å². The summed E-state index contributed by atoms with van der Waals surface area (Å²) < 4.78 is 18.1. The Morgan fingerprint density at radius 2 is 1.96 bits per heavy atom. The number of aromatic amines is 1. The Balaban J connectivity index is 1.67. The van der Waals surface area contributed by atoms with Gasteiger partial charge in [-0.3, -0.25) is 4.79 Å². The first-order chi connectivity index (χ1) is 12.1. The first-order valence-corrected chi connectivity index (χ1v) is 8.40. The molecule has 0 saturated carbocycles. The minimum Gasteiger partial charge on any atom is -0.451 e. The predicted octanol–water partition coefficient (Wildman–Crippen LogP) is 3.28. The van der Waals surface area contributed by atoms with Crippen molar-refractivity contribution in [3.05, 3.63) is 82.1 Å². The number of carbonyl (C=O) groups is 2. The highest BCUT2D eigenvalue weighted by Crippen LogP contribution is 2.26. The largest absolute Gasteiger partial charge is 0.451 e. The zero-order valence-electron chi connectivity index (χ0n) is 13.1. The quantitative estimate of drug-likeness (QED) is 0.664. The van der Waals surface area contributed by atoms with Crippen LogP contribution in [0, 0.1) is 5.82 Å². The summed E-state index contributed by atoms with van der Waals surface area (Å²) in [6, 6.07) is 12.5. The molecule has 0 radical (unpaired) electrons. The van der Waals surface area contributed by atoms with Crippen LogP contribution in [0.15, 0.2) is 60.1 Å². The molecule has 1 aromatic carbocycles. The molecule has 2 aromatic heterocycles. The Kier molecular flexibility index (Phi) is 5.25. The Labute approximate surface area is 147 Å². The molecule has 0 aliphatic heterocycles. The van der Waals surface area contributed by atoms with E-state index in [0.717, 1.165) is 10.4 Å². The smallest absolute Gasteiger partial charge is 0.355 e. The van der Waals surface area contributed by atoms with E-state index in [-0.39, 0.29) is 11.5 Å². The third-order valence-electron chi connectivity index (χ3n) is 3.49. The molecule has 128 valence electrons. The van der Waals surface area contributed by atoms with Crippen LogP contribution in [0.2, 0.25) is 0 Å². The van der Waals surface area contributed by atoms with Crippen molar-refractivity contribution in [3.63, 3.8) is 0 Å². The van der Waals surface area contributed by atoms with Crippen LogP contribution in [0.4, 0.5) is 4.39 Å². The van der Waals surface area contributed by atoms with Crippen molar-refractivity contribution in [2.75, 3.05) is 6.61 Å². The summed E-state index contributed by atoms with van der Waals surface area (Å²) >= 11 is 1.47. The Morgan fingerprint density at radius 3 is 2.60 bits per heavy atom. The van der Waals surface area contributed by atoms with E-state index in [1.807, 2.05) is 17.5 Å². The lowest BCUT2D eigenvalue weighted by Crippen LogP contribution is -2.32. The van der Waals surface area contributed by atoms with Crippen LogP contribution in [-0.2, 0) is 9.53 Å². The van der Waals surface area contributed by atoms with Crippen LogP contribution in [0.1, 0.15) is 27.0 Å². The SMILES string of the molecule is O=C(COC(=O)c1ccc[nH]1)N[C@H](c1ccc(F)cc1)c1cccs1. The fourth-order valence-corrected chi connectivity index (χ4v) is 3.10. The lowest BCUT2D eigenvalue weighted by molar-refractivity contribution is -0.124. The molecule has 2 heterocycles. The molecule has 7 heteroatoms. The number of carbonyl (C=O) groups excluding carboxylic acids is 2. The number of ether oxygens (including phenoxy) is 1. The minimum atomic E-state index is -0.602. The van der Waals surface area contributed by atoms with E-state index in [4.69, 9.17) is 4.74 Å². The van der Waals surface area contributed by atoms with Gasteiger partial charge in [0.2, 0.25) is 0 Å². The highest BCUT2D eigenvalue weighted by Gasteiger charge is 2.19. The van der Waals surface area contributed by atoms with Crippen LogP contribution >= 0.6 is 11.3 Å². The number of halogens is 1. The maximum absolute atomic E-state index is 13.2. The second kappa shape index (κ2) is 7.76. The monoisotopic (exact) mass is 358 g/mol. The van der Waals surface area contributed by atoms with Crippen LogP contribution in [0.5, 0.6) is 0 Å². The van der Waals surface area contributed by atoms with E-state index >= 15 is 0 Å². The molecule has 0 bridgehead atoms. The average Bonchev–Trinajstić information content (AvgIpc) is 3.31. The first kappa shape index (κ1) is 16.9.